The van der Waals surface area contributed by atoms with E-state index < -0.39 is 12.1 Å². The minimum absolute atomic E-state index is 0.287. The smallest absolute Gasteiger partial charge is 0.371 e. The number of aromatic amines is 1. The molecule has 6 nitrogen and oxygen atoms in total. The number of hydrogen-bond acceptors (Lipinski definition) is 4. The van der Waals surface area contributed by atoms with Crippen LogP contribution >= 0.6 is 0 Å². The van der Waals surface area contributed by atoms with Gasteiger partial charge in [0, 0.05) is 37.1 Å². The van der Waals surface area contributed by atoms with Crippen LogP contribution in [-0.2, 0) is 4.74 Å². The molecule has 104 valence electrons. The predicted octanol–water partition coefficient (Wildman–Crippen LogP) is 1.35. The molecule has 1 aliphatic heterocycles. The lowest BCUT2D eigenvalue weighted by atomic mass is 10.2. The van der Waals surface area contributed by atoms with Crippen molar-refractivity contribution in [3.63, 3.8) is 0 Å². The van der Waals surface area contributed by atoms with Gasteiger partial charge in [-0.1, -0.05) is 18.2 Å². The van der Waals surface area contributed by atoms with E-state index in [4.69, 9.17) is 4.74 Å². The molecule has 20 heavy (non-hydrogen) atoms. The largest absolute Gasteiger partial charge is 0.417 e. The number of H-pyrrole nitrogens is 1. The average Bonchev–Trinajstić information content (AvgIpc) is 2.92. The number of para-hydroxylation sites is 1. The maximum atomic E-state index is 12.0. The molecule has 1 aromatic carbocycles. The van der Waals surface area contributed by atoms with E-state index in [1.807, 2.05) is 24.3 Å². The molecular weight excluding hydrogens is 258 g/mol. The summed E-state index contributed by atoms with van der Waals surface area (Å²) in [6.07, 6.45) is -0.588. The van der Waals surface area contributed by atoms with E-state index in [1.165, 1.54) is 4.90 Å². The van der Waals surface area contributed by atoms with Gasteiger partial charge in [-0.25, -0.2) is 9.59 Å². The highest BCUT2D eigenvalue weighted by Gasteiger charge is 2.22. The molecular formula is C14H15N3O3. The zero-order chi connectivity index (χ0) is 13.9. The van der Waals surface area contributed by atoms with E-state index in [0.717, 1.165) is 24.0 Å². The summed E-state index contributed by atoms with van der Waals surface area (Å²) in [5.74, 6) is -0.648. The molecule has 0 unspecified atom stereocenters. The van der Waals surface area contributed by atoms with E-state index in [-0.39, 0.29) is 5.69 Å². The van der Waals surface area contributed by atoms with Crippen molar-refractivity contribution < 1.29 is 14.3 Å². The number of ether oxygens (including phenoxy) is 1. The number of benzene rings is 1. The Labute approximate surface area is 115 Å². The van der Waals surface area contributed by atoms with Crippen molar-refractivity contribution in [3.8, 4) is 0 Å². The maximum Gasteiger partial charge on any atom is 0.417 e. The summed E-state index contributed by atoms with van der Waals surface area (Å²) in [7, 11) is 0. The van der Waals surface area contributed by atoms with E-state index >= 15 is 0 Å². The number of rotatable bonds is 1. The fraction of sp³-hybridized carbons (Fsp3) is 0.286. The molecule has 0 bridgehead atoms. The van der Waals surface area contributed by atoms with Crippen LogP contribution in [-0.4, -0.2) is 48.1 Å². The lowest BCUT2D eigenvalue weighted by Gasteiger charge is -2.25. The van der Waals surface area contributed by atoms with Gasteiger partial charge in [0.05, 0.1) is 0 Å². The monoisotopic (exact) mass is 273 g/mol. The van der Waals surface area contributed by atoms with Crippen molar-refractivity contribution in [2.24, 2.45) is 0 Å². The van der Waals surface area contributed by atoms with Crippen molar-refractivity contribution in [2.75, 3.05) is 26.2 Å². The number of carbonyl (C=O) groups is 2. The molecule has 0 atom stereocenters. The summed E-state index contributed by atoms with van der Waals surface area (Å²) in [5, 5.41) is 4.04. The Kier molecular flexibility index (Phi) is 3.39. The molecule has 2 heterocycles. The van der Waals surface area contributed by atoms with Crippen LogP contribution in [0.2, 0.25) is 0 Å². The maximum absolute atomic E-state index is 12.0. The van der Waals surface area contributed by atoms with Gasteiger partial charge in [0.15, 0.2) is 0 Å². The molecule has 3 rings (SSSR count). The lowest BCUT2D eigenvalue weighted by molar-refractivity contribution is 0.0527. The first-order chi connectivity index (χ1) is 9.74. The Morgan fingerprint density at radius 3 is 2.65 bits per heavy atom. The molecule has 1 amide bonds. The Hall–Kier alpha value is -2.34. The Balaban J connectivity index is 1.70. The van der Waals surface area contributed by atoms with E-state index in [2.05, 4.69) is 10.3 Å². The second kappa shape index (κ2) is 5.34. The van der Waals surface area contributed by atoms with Gasteiger partial charge >= 0.3 is 12.1 Å². The number of nitrogens with one attached hydrogen (secondary N) is 2. The zero-order valence-corrected chi connectivity index (χ0v) is 10.9. The minimum Gasteiger partial charge on any atom is -0.371 e. The average molecular weight is 273 g/mol. The van der Waals surface area contributed by atoms with Crippen LogP contribution in [0.15, 0.2) is 30.3 Å². The fourth-order valence-electron chi connectivity index (χ4n) is 2.23. The second-order valence-electron chi connectivity index (χ2n) is 4.66. The van der Waals surface area contributed by atoms with Gasteiger partial charge in [0.25, 0.3) is 0 Å². The molecule has 6 heteroatoms. The van der Waals surface area contributed by atoms with Crippen molar-refractivity contribution in [1.29, 1.82) is 0 Å². The molecule has 1 aromatic heterocycles. The van der Waals surface area contributed by atoms with E-state index in [1.54, 1.807) is 6.07 Å². The number of carbonyl (C=O) groups excluding carboxylic acids is 2. The van der Waals surface area contributed by atoms with Crippen molar-refractivity contribution in [2.45, 2.75) is 0 Å². The first-order valence-electron chi connectivity index (χ1n) is 6.53. The van der Waals surface area contributed by atoms with E-state index in [9.17, 15) is 9.59 Å². The topological polar surface area (TPSA) is 74.4 Å². The molecule has 0 saturated carbocycles. The Bertz CT molecular complexity index is 611. The van der Waals surface area contributed by atoms with Crippen LogP contribution in [0.3, 0.4) is 0 Å². The fourth-order valence-corrected chi connectivity index (χ4v) is 2.23. The van der Waals surface area contributed by atoms with Crippen LogP contribution in [0, 0.1) is 0 Å². The number of hydrogen-bond donors (Lipinski definition) is 2. The molecule has 1 aliphatic rings. The third kappa shape index (κ3) is 2.50. The number of amides is 1. The van der Waals surface area contributed by atoms with Gasteiger partial charge in [0.2, 0.25) is 0 Å². The second-order valence-corrected chi connectivity index (χ2v) is 4.66. The summed E-state index contributed by atoms with van der Waals surface area (Å²) in [4.78, 5) is 28.3. The Morgan fingerprint density at radius 1 is 1.15 bits per heavy atom. The SMILES string of the molecule is O=C(OC(=O)N1CCNCC1)c1cc2ccccc2[nH]1. The van der Waals surface area contributed by atoms with Crippen molar-refractivity contribution in [3.05, 3.63) is 36.0 Å². The molecule has 1 fully saturated rings. The predicted molar refractivity (Wildman–Crippen MR) is 73.6 cm³/mol. The van der Waals surface area contributed by atoms with Crippen LogP contribution in [0.25, 0.3) is 10.9 Å². The summed E-state index contributed by atoms with van der Waals surface area (Å²) < 4.78 is 4.89. The Morgan fingerprint density at radius 2 is 1.90 bits per heavy atom. The first-order valence-corrected chi connectivity index (χ1v) is 6.53. The number of esters is 1. The molecule has 0 radical (unpaired) electrons. The number of aromatic nitrogens is 1. The summed E-state index contributed by atoms with van der Waals surface area (Å²) in [5.41, 5.74) is 1.13. The summed E-state index contributed by atoms with van der Waals surface area (Å²) in [6, 6.07) is 9.20. The number of nitrogens with zero attached hydrogens (tertiary/aromatic N) is 1. The molecule has 2 aromatic rings. The highest BCUT2D eigenvalue weighted by atomic mass is 16.6. The van der Waals surface area contributed by atoms with Gasteiger partial charge in [0.1, 0.15) is 5.69 Å². The summed E-state index contributed by atoms with van der Waals surface area (Å²) >= 11 is 0. The molecule has 1 saturated heterocycles. The van der Waals surface area contributed by atoms with Gasteiger partial charge in [-0.05, 0) is 12.1 Å². The van der Waals surface area contributed by atoms with E-state index in [0.29, 0.717) is 13.1 Å². The minimum atomic E-state index is -0.648. The van der Waals surface area contributed by atoms with Gasteiger partial charge in [-0.3, -0.25) is 0 Å². The lowest BCUT2D eigenvalue weighted by Crippen LogP contribution is -2.47. The van der Waals surface area contributed by atoms with Crippen LogP contribution in [0.5, 0.6) is 0 Å². The zero-order valence-electron chi connectivity index (χ0n) is 10.9. The van der Waals surface area contributed by atoms with Crippen molar-refractivity contribution >= 4 is 23.0 Å². The third-order valence-electron chi connectivity index (χ3n) is 3.31. The molecule has 0 aliphatic carbocycles. The van der Waals surface area contributed by atoms with Gasteiger partial charge in [-0.2, -0.15) is 0 Å². The van der Waals surface area contributed by atoms with Gasteiger partial charge in [-0.15, -0.1) is 0 Å². The molecule has 2 N–H and O–H groups in total. The standard InChI is InChI=1S/C14H15N3O3/c18-13(20-14(19)17-7-5-15-6-8-17)12-9-10-3-1-2-4-11(10)16-12/h1-4,9,15-16H,5-8H2. The third-order valence-corrected chi connectivity index (χ3v) is 3.31. The van der Waals surface area contributed by atoms with Crippen LogP contribution < -0.4 is 5.32 Å². The quantitative estimate of drug-likeness (QED) is 0.607. The normalized spacial score (nSPS) is 15.3. The van der Waals surface area contributed by atoms with Crippen molar-refractivity contribution in [1.82, 2.24) is 15.2 Å². The van der Waals surface area contributed by atoms with Crippen LogP contribution in [0.1, 0.15) is 10.5 Å². The summed E-state index contributed by atoms with van der Waals surface area (Å²) in [6.45, 7) is 2.54. The molecule has 0 spiro atoms. The highest BCUT2D eigenvalue weighted by Crippen LogP contribution is 2.15. The van der Waals surface area contributed by atoms with Crippen LogP contribution in [0.4, 0.5) is 4.79 Å². The number of piperazine rings is 1. The van der Waals surface area contributed by atoms with Gasteiger partial charge < -0.3 is 19.9 Å². The number of fused-ring (bicyclic) bond motifs is 1. The first kappa shape index (κ1) is 12.7. The highest BCUT2D eigenvalue weighted by molar-refractivity contribution is 5.99.